The molecule has 0 nitrogen and oxygen atoms in total. The van der Waals surface area contributed by atoms with Crippen molar-refractivity contribution in [3.8, 4) is 0 Å². The van der Waals surface area contributed by atoms with E-state index >= 15 is 0 Å². The van der Waals surface area contributed by atoms with E-state index < -0.39 is 18.4 Å². The van der Waals surface area contributed by atoms with Crippen LogP contribution in [0.5, 0.6) is 0 Å². The fourth-order valence-electron chi connectivity index (χ4n) is 4.00. The van der Waals surface area contributed by atoms with E-state index in [2.05, 4.69) is 82.0 Å². The molecule has 0 fully saturated rings. The summed E-state index contributed by atoms with van der Waals surface area (Å²) in [5, 5.41) is 0. The Labute approximate surface area is 134 Å². The summed E-state index contributed by atoms with van der Waals surface area (Å²) in [6, 6.07) is 10.7. The predicted octanol–water partition coefficient (Wildman–Crippen LogP) is 6.46. The SMILES string of the molecule is C=C[C]1([Sn]([CH2]C)([CH2]C)[CH2]C)C=CC(c2ccccc2)=CC1. The number of benzene rings is 1. The third-order valence-electron chi connectivity index (χ3n) is 5.71. The molecule has 0 aromatic heterocycles. The van der Waals surface area contributed by atoms with Gasteiger partial charge < -0.3 is 0 Å². The first-order valence-corrected chi connectivity index (χ1v) is 15.7. The van der Waals surface area contributed by atoms with Gasteiger partial charge in [0.15, 0.2) is 0 Å². The van der Waals surface area contributed by atoms with Crippen molar-refractivity contribution in [3.63, 3.8) is 0 Å². The first-order valence-electron chi connectivity index (χ1n) is 8.25. The van der Waals surface area contributed by atoms with Gasteiger partial charge >= 0.3 is 135 Å². The molecule has 0 heterocycles. The number of allylic oxidation sites excluding steroid dienone is 5. The van der Waals surface area contributed by atoms with Crippen LogP contribution in [0.25, 0.3) is 5.57 Å². The van der Waals surface area contributed by atoms with Gasteiger partial charge in [-0.2, -0.15) is 0 Å². The number of hydrogen-bond acceptors (Lipinski definition) is 0. The predicted molar refractivity (Wildman–Crippen MR) is 98.3 cm³/mol. The van der Waals surface area contributed by atoms with E-state index in [0.717, 1.165) is 6.42 Å². The number of rotatable bonds is 6. The molecule has 2 rings (SSSR count). The maximum atomic E-state index is 4.24. The molecule has 0 aliphatic heterocycles. The Hall–Kier alpha value is -0.761. The second kappa shape index (κ2) is 7.00. The Bertz CT molecular complexity index is 526. The molecule has 21 heavy (non-hydrogen) atoms. The quantitative estimate of drug-likeness (QED) is 0.388. The molecule has 1 aromatic carbocycles. The van der Waals surface area contributed by atoms with E-state index in [4.69, 9.17) is 0 Å². The standard InChI is InChI=1S/C14H13.3C2H5.Sn/c1-2-12-8-10-14(11-9-12)13-6-4-3-5-7-13;3*1-2;/h2-8,10-11H,1,9H2;3*1H2,2H3;. The van der Waals surface area contributed by atoms with Gasteiger partial charge in [-0.1, -0.05) is 0 Å². The van der Waals surface area contributed by atoms with E-state index in [-0.39, 0.29) is 0 Å². The van der Waals surface area contributed by atoms with E-state index in [0.29, 0.717) is 3.43 Å². The molecule has 1 aliphatic rings. The van der Waals surface area contributed by atoms with E-state index in [1.165, 1.54) is 24.4 Å². The zero-order valence-electron chi connectivity index (χ0n) is 13.7. The average molecular weight is 387 g/mol. The molecule has 112 valence electrons. The van der Waals surface area contributed by atoms with Crippen LogP contribution in [-0.2, 0) is 0 Å². The Morgan fingerprint density at radius 3 is 2.14 bits per heavy atom. The third-order valence-corrected chi connectivity index (χ3v) is 24.6. The zero-order valence-corrected chi connectivity index (χ0v) is 16.6. The van der Waals surface area contributed by atoms with Crippen LogP contribution in [0.1, 0.15) is 32.8 Å². The molecule has 0 N–H and O–H groups in total. The first kappa shape index (κ1) is 16.6. The van der Waals surface area contributed by atoms with Crippen molar-refractivity contribution >= 4 is 24.0 Å². The van der Waals surface area contributed by atoms with Gasteiger partial charge in [-0.25, -0.2) is 0 Å². The second-order valence-electron chi connectivity index (χ2n) is 6.15. The van der Waals surface area contributed by atoms with Crippen LogP contribution in [0, 0.1) is 0 Å². The van der Waals surface area contributed by atoms with Gasteiger partial charge in [-0.05, 0) is 0 Å². The van der Waals surface area contributed by atoms with Crippen LogP contribution in [0.3, 0.4) is 0 Å². The summed E-state index contributed by atoms with van der Waals surface area (Å²) in [6.45, 7) is 11.5. The van der Waals surface area contributed by atoms with Crippen LogP contribution >= 0.6 is 0 Å². The van der Waals surface area contributed by atoms with Gasteiger partial charge in [0.2, 0.25) is 0 Å². The van der Waals surface area contributed by atoms with E-state index in [1.54, 1.807) is 0 Å². The van der Waals surface area contributed by atoms with Crippen molar-refractivity contribution in [1.82, 2.24) is 0 Å². The third kappa shape index (κ3) is 2.92. The Balaban J connectivity index is 2.34. The molecule has 1 heteroatoms. The summed E-state index contributed by atoms with van der Waals surface area (Å²) in [5.74, 6) is 0. The topological polar surface area (TPSA) is 0 Å². The summed E-state index contributed by atoms with van der Waals surface area (Å²) in [4.78, 5) is 0. The average Bonchev–Trinajstić information content (AvgIpc) is 2.58. The molecule has 0 bridgehead atoms. The van der Waals surface area contributed by atoms with Gasteiger partial charge in [-0.15, -0.1) is 0 Å². The van der Waals surface area contributed by atoms with Crippen LogP contribution in [-0.4, -0.2) is 18.4 Å². The van der Waals surface area contributed by atoms with Gasteiger partial charge in [0.1, 0.15) is 0 Å². The zero-order chi connectivity index (χ0) is 15.3. The van der Waals surface area contributed by atoms with Crippen LogP contribution < -0.4 is 0 Å². The fourth-order valence-corrected chi connectivity index (χ4v) is 17.9. The first-order chi connectivity index (χ1) is 10.2. The van der Waals surface area contributed by atoms with E-state index in [1.807, 2.05) is 0 Å². The summed E-state index contributed by atoms with van der Waals surface area (Å²) in [5.41, 5.74) is 2.70. The molecule has 1 unspecified atom stereocenters. The molecule has 0 spiro atoms. The second-order valence-corrected chi connectivity index (χ2v) is 22.2. The molecule has 1 atom stereocenters. The monoisotopic (exact) mass is 388 g/mol. The maximum absolute atomic E-state index is 4.24. The molecule has 0 saturated heterocycles. The Morgan fingerprint density at radius 2 is 1.71 bits per heavy atom. The van der Waals surface area contributed by atoms with Crippen molar-refractivity contribution in [1.29, 1.82) is 0 Å². The summed E-state index contributed by atoms with van der Waals surface area (Å²) in [6.07, 6.45) is 10.8. The number of hydrogen-bond donors (Lipinski definition) is 0. The summed E-state index contributed by atoms with van der Waals surface area (Å²) < 4.78 is 4.54. The van der Waals surface area contributed by atoms with Crippen LogP contribution in [0.15, 0.2) is 61.2 Å². The molecule has 0 saturated carbocycles. The normalized spacial score (nSPS) is 22.0. The molecular formula is C20H28Sn. The Kier molecular flexibility index (Phi) is 5.53. The van der Waals surface area contributed by atoms with Crippen molar-refractivity contribution in [3.05, 3.63) is 66.8 Å². The minimum absolute atomic E-state index is 0.311. The molecular weight excluding hydrogens is 359 g/mol. The molecule has 0 radical (unpaired) electrons. The van der Waals surface area contributed by atoms with Crippen LogP contribution in [0.4, 0.5) is 0 Å². The Morgan fingerprint density at radius 1 is 1.10 bits per heavy atom. The summed E-state index contributed by atoms with van der Waals surface area (Å²) >= 11 is -2.20. The van der Waals surface area contributed by atoms with Gasteiger partial charge in [0.05, 0.1) is 0 Å². The van der Waals surface area contributed by atoms with Gasteiger partial charge in [0, 0.05) is 0 Å². The molecule has 0 amide bonds. The molecule has 1 aromatic rings. The van der Waals surface area contributed by atoms with Crippen molar-refractivity contribution < 1.29 is 0 Å². The van der Waals surface area contributed by atoms with Crippen molar-refractivity contribution in [2.24, 2.45) is 0 Å². The van der Waals surface area contributed by atoms with Crippen molar-refractivity contribution in [2.45, 2.75) is 43.9 Å². The summed E-state index contributed by atoms with van der Waals surface area (Å²) in [7, 11) is 0. The fraction of sp³-hybridized carbons (Fsp3) is 0.400. The molecule has 1 aliphatic carbocycles. The van der Waals surface area contributed by atoms with Gasteiger partial charge in [0.25, 0.3) is 0 Å². The van der Waals surface area contributed by atoms with Gasteiger partial charge in [-0.3, -0.25) is 0 Å². The van der Waals surface area contributed by atoms with Crippen molar-refractivity contribution in [2.75, 3.05) is 0 Å². The minimum atomic E-state index is -2.20. The van der Waals surface area contributed by atoms with Crippen LogP contribution in [0.2, 0.25) is 16.7 Å². The van der Waals surface area contributed by atoms with E-state index in [9.17, 15) is 0 Å².